The molecule has 1 aromatic heterocycles. The molecule has 2 rings (SSSR count). The van der Waals surface area contributed by atoms with Crippen LogP contribution >= 0.6 is 0 Å². The van der Waals surface area contributed by atoms with Crippen molar-refractivity contribution in [1.29, 1.82) is 0 Å². The van der Waals surface area contributed by atoms with Gasteiger partial charge in [-0.25, -0.2) is 0 Å². The summed E-state index contributed by atoms with van der Waals surface area (Å²) in [6, 6.07) is 0. The van der Waals surface area contributed by atoms with Crippen LogP contribution in [0.5, 0.6) is 0 Å². The average molecular weight is 196 g/mol. The van der Waals surface area contributed by atoms with Crippen molar-refractivity contribution in [3.8, 4) is 0 Å². The fourth-order valence-electron chi connectivity index (χ4n) is 1.85. The van der Waals surface area contributed by atoms with Gasteiger partial charge in [0.2, 0.25) is 0 Å². The molecule has 1 aromatic rings. The fourth-order valence-corrected chi connectivity index (χ4v) is 1.85. The van der Waals surface area contributed by atoms with Gasteiger partial charge in [-0.2, -0.15) is 0 Å². The topological polar surface area (TPSA) is 61.3 Å². The highest BCUT2D eigenvalue weighted by Crippen LogP contribution is 2.20. The molecule has 78 valence electrons. The lowest BCUT2D eigenvalue weighted by atomic mass is 9.96. The Morgan fingerprint density at radius 2 is 2.50 bits per heavy atom. The van der Waals surface area contributed by atoms with Gasteiger partial charge in [-0.15, -0.1) is 0 Å². The lowest BCUT2D eigenvalue weighted by Crippen LogP contribution is -2.19. The smallest absolute Gasteiger partial charge is 0.141 e. The Morgan fingerprint density at radius 3 is 3.21 bits per heavy atom. The van der Waals surface area contributed by atoms with Gasteiger partial charge in [-0.1, -0.05) is 5.16 Å². The van der Waals surface area contributed by atoms with E-state index in [1.165, 1.54) is 6.42 Å². The quantitative estimate of drug-likeness (QED) is 0.786. The van der Waals surface area contributed by atoms with Crippen molar-refractivity contribution < 1.29 is 9.26 Å². The fraction of sp³-hybridized carbons (Fsp3) is 0.700. The van der Waals surface area contributed by atoms with Gasteiger partial charge in [-0.3, -0.25) is 0 Å². The number of hydrogen-bond acceptors (Lipinski definition) is 4. The number of nitrogens with zero attached hydrogens (tertiary/aromatic N) is 1. The van der Waals surface area contributed by atoms with Gasteiger partial charge in [-0.05, 0) is 18.8 Å². The third-order valence-electron chi connectivity index (χ3n) is 2.68. The summed E-state index contributed by atoms with van der Waals surface area (Å²) in [6.07, 6.45) is 4.98. The summed E-state index contributed by atoms with van der Waals surface area (Å²) in [7, 11) is 0. The van der Waals surface area contributed by atoms with Crippen molar-refractivity contribution in [3.63, 3.8) is 0 Å². The molecule has 4 heteroatoms. The molecule has 0 aliphatic carbocycles. The van der Waals surface area contributed by atoms with Crippen molar-refractivity contribution in [2.75, 3.05) is 13.2 Å². The first-order valence-electron chi connectivity index (χ1n) is 5.10. The van der Waals surface area contributed by atoms with Crippen molar-refractivity contribution in [2.24, 2.45) is 11.7 Å². The summed E-state index contributed by atoms with van der Waals surface area (Å²) < 4.78 is 10.6. The third kappa shape index (κ3) is 2.13. The molecule has 0 saturated carbocycles. The standard InChI is InChI=1S/C10H16N2O2/c11-5-9-6-12-14-10(9)4-8-2-1-3-13-7-8/h6,8H,1-5,7,11H2. The molecule has 1 saturated heterocycles. The van der Waals surface area contributed by atoms with Crippen molar-refractivity contribution >= 4 is 0 Å². The minimum atomic E-state index is 0.506. The first-order chi connectivity index (χ1) is 6.90. The van der Waals surface area contributed by atoms with Crippen LogP contribution in [0.3, 0.4) is 0 Å². The molecular formula is C10H16N2O2. The van der Waals surface area contributed by atoms with Gasteiger partial charge < -0.3 is 15.0 Å². The highest BCUT2D eigenvalue weighted by Gasteiger charge is 2.18. The average Bonchev–Trinajstić information content (AvgIpc) is 2.67. The summed E-state index contributed by atoms with van der Waals surface area (Å²) in [5, 5.41) is 3.76. The summed E-state index contributed by atoms with van der Waals surface area (Å²) in [5.41, 5.74) is 6.59. The molecule has 0 radical (unpaired) electrons. The second kappa shape index (κ2) is 4.57. The zero-order valence-electron chi connectivity index (χ0n) is 8.24. The summed E-state index contributed by atoms with van der Waals surface area (Å²) in [5.74, 6) is 1.50. The first-order valence-corrected chi connectivity index (χ1v) is 5.10. The Bertz CT molecular complexity index is 279. The van der Waals surface area contributed by atoms with Gasteiger partial charge in [0, 0.05) is 31.7 Å². The molecule has 14 heavy (non-hydrogen) atoms. The predicted octanol–water partition coefficient (Wildman–Crippen LogP) is 1.10. The molecule has 1 fully saturated rings. The van der Waals surface area contributed by atoms with Gasteiger partial charge in [0.05, 0.1) is 6.20 Å². The molecule has 2 heterocycles. The third-order valence-corrected chi connectivity index (χ3v) is 2.68. The summed E-state index contributed by atoms with van der Waals surface area (Å²) in [6.45, 7) is 2.24. The van der Waals surface area contributed by atoms with E-state index in [-0.39, 0.29) is 0 Å². The monoisotopic (exact) mass is 196 g/mol. The van der Waals surface area contributed by atoms with E-state index in [1.54, 1.807) is 6.20 Å². The molecule has 0 amide bonds. The lowest BCUT2D eigenvalue weighted by molar-refractivity contribution is 0.0525. The SMILES string of the molecule is NCc1cnoc1CC1CCCOC1. The molecular weight excluding hydrogens is 180 g/mol. The Kier molecular flexibility index (Phi) is 3.16. The van der Waals surface area contributed by atoms with E-state index in [2.05, 4.69) is 5.16 Å². The second-order valence-corrected chi connectivity index (χ2v) is 3.77. The zero-order chi connectivity index (χ0) is 9.80. The normalized spacial score (nSPS) is 22.5. The van der Waals surface area contributed by atoms with Crippen LogP contribution in [0.15, 0.2) is 10.7 Å². The van der Waals surface area contributed by atoms with E-state index in [1.807, 2.05) is 0 Å². The number of rotatable bonds is 3. The first kappa shape index (κ1) is 9.68. The number of aromatic nitrogens is 1. The van der Waals surface area contributed by atoms with Crippen LogP contribution in [0, 0.1) is 5.92 Å². The highest BCUT2D eigenvalue weighted by molar-refractivity contribution is 5.13. The summed E-state index contributed by atoms with van der Waals surface area (Å²) >= 11 is 0. The molecule has 0 spiro atoms. The minimum absolute atomic E-state index is 0.506. The Labute approximate surface area is 83.4 Å². The molecule has 4 nitrogen and oxygen atoms in total. The number of hydrogen-bond donors (Lipinski definition) is 1. The molecule has 0 aromatic carbocycles. The van der Waals surface area contributed by atoms with Gasteiger partial charge in [0.25, 0.3) is 0 Å². The van der Waals surface area contributed by atoms with Crippen LogP contribution < -0.4 is 5.73 Å². The van der Waals surface area contributed by atoms with Crippen molar-refractivity contribution in [2.45, 2.75) is 25.8 Å². The van der Waals surface area contributed by atoms with Gasteiger partial charge in [0.1, 0.15) is 5.76 Å². The Morgan fingerprint density at radius 1 is 1.57 bits per heavy atom. The molecule has 1 aliphatic rings. The van der Waals surface area contributed by atoms with Crippen molar-refractivity contribution in [1.82, 2.24) is 5.16 Å². The number of ether oxygens (including phenoxy) is 1. The second-order valence-electron chi connectivity index (χ2n) is 3.77. The summed E-state index contributed by atoms with van der Waals surface area (Å²) in [4.78, 5) is 0. The van der Waals surface area contributed by atoms with E-state index in [0.29, 0.717) is 12.5 Å². The maximum atomic E-state index is 5.57. The van der Waals surface area contributed by atoms with Crippen LogP contribution in [0.2, 0.25) is 0 Å². The molecule has 1 aliphatic heterocycles. The Balaban J connectivity index is 1.95. The molecule has 1 unspecified atom stereocenters. The van der Waals surface area contributed by atoms with Crippen LogP contribution in [-0.4, -0.2) is 18.4 Å². The minimum Gasteiger partial charge on any atom is -0.381 e. The van der Waals surface area contributed by atoms with E-state index in [9.17, 15) is 0 Å². The molecule has 1 atom stereocenters. The largest absolute Gasteiger partial charge is 0.381 e. The van der Waals surface area contributed by atoms with E-state index in [4.69, 9.17) is 15.0 Å². The lowest BCUT2D eigenvalue weighted by Gasteiger charge is -2.20. The zero-order valence-corrected chi connectivity index (χ0v) is 8.24. The van der Waals surface area contributed by atoms with Crippen LogP contribution in [-0.2, 0) is 17.7 Å². The van der Waals surface area contributed by atoms with E-state index in [0.717, 1.165) is 37.4 Å². The van der Waals surface area contributed by atoms with E-state index >= 15 is 0 Å². The molecule has 0 bridgehead atoms. The van der Waals surface area contributed by atoms with Gasteiger partial charge >= 0.3 is 0 Å². The predicted molar refractivity (Wildman–Crippen MR) is 51.6 cm³/mol. The van der Waals surface area contributed by atoms with Crippen LogP contribution in [0.4, 0.5) is 0 Å². The molecule has 2 N–H and O–H groups in total. The Hall–Kier alpha value is -0.870. The maximum absolute atomic E-state index is 5.57. The number of nitrogens with two attached hydrogens (primary N) is 1. The maximum Gasteiger partial charge on any atom is 0.141 e. The highest BCUT2D eigenvalue weighted by atomic mass is 16.5. The van der Waals surface area contributed by atoms with Crippen LogP contribution in [0.1, 0.15) is 24.2 Å². The van der Waals surface area contributed by atoms with Crippen LogP contribution in [0.25, 0.3) is 0 Å². The van der Waals surface area contributed by atoms with Gasteiger partial charge in [0.15, 0.2) is 0 Å². The van der Waals surface area contributed by atoms with Crippen molar-refractivity contribution in [3.05, 3.63) is 17.5 Å². The van der Waals surface area contributed by atoms with E-state index < -0.39 is 0 Å².